The van der Waals surface area contributed by atoms with Crippen LogP contribution in [0, 0.1) is 13.0 Å². The number of aromatic nitrogens is 3. The molecule has 1 aliphatic rings. The Balaban J connectivity index is 2.30. The van der Waals surface area contributed by atoms with Gasteiger partial charge in [-0.2, -0.15) is 0 Å². The second kappa shape index (κ2) is 3.17. The molecule has 75 valence electrons. The Morgan fingerprint density at radius 3 is 3.27 bits per heavy atom. The Kier molecular flexibility index (Phi) is 1.82. The van der Waals surface area contributed by atoms with E-state index in [1.807, 2.05) is 29.7 Å². The number of fused-ring (bicyclic) bond motifs is 3. The Morgan fingerprint density at radius 2 is 2.33 bits per heavy atom. The summed E-state index contributed by atoms with van der Waals surface area (Å²) in [5, 5.41) is 8.15. The second-order valence-corrected chi connectivity index (χ2v) is 3.53. The monoisotopic (exact) mass is 200 g/mol. The van der Waals surface area contributed by atoms with Crippen molar-refractivity contribution >= 4 is 0 Å². The van der Waals surface area contributed by atoms with Crippen LogP contribution in [0.5, 0.6) is 0 Å². The van der Waals surface area contributed by atoms with Crippen LogP contribution in [0.4, 0.5) is 0 Å². The molecule has 2 heterocycles. The van der Waals surface area contributed by atoms with Crippen LogP contribution < -0.4 is 0 Å². The molecule has 4 heteroatoms. The van der Waals surface area contributed by atoms with Gasteiger partial charge in [-0.15, -0.1) is 10.2 Å². The number of benzene rings is 1. The molecule has 0 saturated heterocycles. The number of hydrogen-bond donors (Lipinski definition) is 0. The molecule has 1 aromatic heterocycles. The van der Waals surface area contributed by atoms with Gasteiger partial charge in [0.1, 0.15) is 12.4 Å². The number of ether oxygens (including phenoxy) is 1. The molecule has 15 heavy (non-hydrogen) atoms. The highest BCUT2D eigenvalue weighted by Gasteiger charge is 2.17. The molecule has 0 spiro atoms. The molecule has 0 fully saturated rings. The molecular weight excluding hydrogens is 190 g/mol. The minimum Gasteiger partial charge on any atom is -0.369 e. The molecule has 2 aromatic rings. The van der Waals surface area contributed by atoms with Crippen molar-refractivity contribution < 1.29 is 4.74 Å². The topological polar surface area (TPSA) is 39.9 Å². The Hall–Kier alpha value is -1.68. The maximum Gasteiger partial charge on any atom is 0.163 e. The molecular formula is C11H10N3O. The van der Waals surface area contributed by atoms with Gasteiger partial charge < -0.3 is 4.74 Å². The summed E-state index contributed by atoms with van der Waals surface area (Å²) in [4.78, 5) is 0. The summed E-state index contributed by atoms with van der Waals surface area (Å²) in [5.74, 6) is 1.74. The average Bonchev–Trinajstić information content (AvgIpc) is 2.52. The molecule has 0 N–H and O–H groups in total. The molecule has 1 aromatic carbocycles. The minimum absolute atomic E-state index is 0.503. The number of hydrogen-bond acceptors (Lipinski definition) is 3. The number of rotatable bonds is 0. The van der Waals surface area contributed by atoms with Gasteiger partial charge in [0.25, 0.3) is 0 Å². The SMILES string of the molecule is Cc1nnc2n1-c1ccc[c]c1COC2. The van der Waals surface area contributed by atoms with Crippen LogP contribution in [0.2, 0.25) is 0 Å². The van der Waals surface area contributed by atoms with E-state index in [0.717, 1.165) is 22.9 Å². The summed E-state index contributed by atoms with van der Waals surface area (Å²) in [6.07, 6.45) is 0. The van der Waals surface area contributed by atoms with Crippen molar-refractivity contribution in [2.45, 2.75) is 20.1 Å². The predicted octanol–water partition coefficient (Wildman–Crippen LogP) is 1.41. The van der Waals surface area contributed by atoms with Crippen molar-refractivity contribution in [3.8, 4) is 5.69 Å². The van der Waals surface area contributed by atoms with E-state index in [2.05, 4.69) is 16.3 Å². The summed E-state index contributed by atoms with van der Waals surface area (Å²) in [7, 11) is 0. The van der Waals surface area contributed by atoms with Gasteiger partial charge in [-0.1, -0.05) is 12.1 Å². The van der Waals surface area contributed by atoms with Crippen LogP contribution in [-0.2, 0) is 18.0 Å². The van der Waals surface area contributed by atoms with E-state index in [0.29, 0.717) is 13.2 Å². The fourth-order valence-corrected chi connectivity index (χ4v) is 1.85. The van der Waals surface area contributed by atoms with Gasteiger partial charge in [0.05, 0.1) is 12.3 Å². The molecule has 0 unspecified atom stereocenters. The van der Waals surface area contributed by atoms with Gasteiger partial charge in [0.15, 0.2) is 5.82 Å². The quantitative estimate of drug-likeness (QED) is 0.645. The lowest BCUT2D eigenvalue weighted by molar-refractivity contribution is 0.105. The van der Waals surface area contributed by atoms with Crippen molar-refractivity contribution in [2.75, 3.05) is 0 Å². The normalized spacial score (nSPS) is 14.2. The molecule has 0 saturated carbocycles. The smallest absolute Gasteiger partial charge is 0.163 e. The zero-order valence-corrected chi connectivity index (χ0v) is 8.40. The van der Waals surface area contributed by atoms with Gasteiger partial charge in [0, 0.05) is 5.56 Å². The van der Waals surface area contributed by atoms with Gasteiger partial charge in [-0.05, 0) is 19.1 Å². The van der Waals surface area contributed by atoms with Gasteiger partial charge in [0.2, 0.25) is 0 Å². The van der Waals surface area contributed by atoms with Crippen molar-refractivity contribution in [3.05, 3.63) is 41.5 Å². The lowest BCUT2D eigenvalue weighted by Gasteiger charge is -2.07. The zero-order valence-electron chi connectivity index (χ0n) is 8.40. The molecule has 1 radical (unpaired) electrons. The van der Waals surface area contributed by atoms with Crippen molar-refractivity contribution in [2.24, 2.45) is 0 Å². The first-order valence-electron chi connectivity index (χ1n) is 4.85. The Morgan fingerprint density at radius 1 is 1.40 bits per heavy atom. The predicted molar refractivity (Wildman–Crippen MR) is 53.4 cm³/mol. The highest BCUT2D eigenvalue weighted by atomic mass is 16.5. The molecule has 0 atom stereocenters. The van der Waals surface area contributed by atoms with Crippen LogP contribution in [0.1, 0.15) is 17.2 Å². The third-order valence-electron chi connectivity index (χ3n) is 2.53. The number of aryl methyl sites for hydroxylation is 1. The largest absolute Gasteiger partial charge is 0.369 e. The first-order chi connectivity index (χ1) is 7.36. The third kappa shape index (κ3) is 1.26. The summed E-state index contributed by atoms with van der Waals surface area (Å²) in [6, 6.07) is 9.09. The van der Waals surface area contributed by atoms with E-state index in [1.54, 1.807) is 0 Å². The Labute approximate surface area is 87.5 Å². The maximum atomic E-state index is 5.51. The molecule has 0 aliphatic carbocycles. The van der Waals surface area contributed by atoms with E-state index in [-0.39, 0.29) is 0 Å². The molecule has 3 rings (SSSR count). The van der Waals surface area contributed by atoms with Crippen LogP contribution in [0.3, 0.4) is 0 Å². The maximum absolute atomic E-state index is 5.51. The van der Waals surface area contributed by atoms with Crippen LogP contribution >= 0.6 is 0 Å². The minimum atomic E-state index is 0.503. The van der Waals surface area contributed by atoms with E-state index in [9.17, 15) is 0 Å². The van der Waals surface area contributed by atoms with Gasteiger partial charge in [-0.25, -0.2) is 0 Å². The molecule has 0 bridgehead atoms. The van der Waals surface area contributed by atoms with E-state index >= 15 is 0 Å². The fourth-order valence-electron chi connectivity index (χ4n) is 1.85. The van der Waals surface area contributed by atoms with Crippen molar-refractivity contribution in [1.29, 1.82) is 0 Å². The van der Waals surface area contributed by atoms with Crippen molar-refractivity contribution in [1.82, 2.24) is 14.8 Å². The first kappa shape index (κ1) is 8.61. The highest BCUT2D eigenvalue weighted by molar-refractivity contribution is 5.42. The summed E-state index contributed by atoms with van der Waals surface area (Å²) < 4.78 is 7.53. The average molecular weight is 200 g/mol. The van der Waals surface area contributed by atoms with Crippen LogP contribution in [0.25, 0.3) is 5.69 Å². The summed E-state index contributed by atoms with van der Waals surface area (Å²) >= 11 is 0. The van der Waals surface area contributed by atoms with Crippen LogP contribution in [0.15, 0.2) is 18.2 Å². The summed E-state index contributed by atoms with van der Waals surface area (Å²) in [5.41, 5.74) is 2.13. The molecule has 0 amide bonds. The summed E-state index contributed by atoms with van der Waals surface area (Å²) in [6.45, 7) is 3.03. The van der Waals surface area contributed by atoms with E-state index in [4.69, 9.17) is 4.74 Å². The second-order valence-electron chi connectivity index (χ2n) is 3.53. The molecule has 1 aliphatic heterocycles. The van der Waals surface area contributed by atoms with Gasteiger partial charge in [-0.3, -0.25) is 4.57 Å². The van der Waals surface area contributed by atoms with Crippen LogP contribution in [-0.4, -0.2) is 14.8 Å². The zero-order chi connectivity index (χ0) is 10.3. The Bertz CT molecular complexity index is 504. The van der Waals surface area contributed by atoms with E-state index in [1.165, 1.54) is 0 Å². The van der Waals surface area contributed by atoms with Crippen molar-refractivity contribution in [3.63, 3.8) is 0 Å². The lowest BCUT2D eigenvalue weighted by atomic mass is 10.2. The van der Waals surface area contributed by atoms with E-state index < -0.39 is 0 Å². The standard InChI is InChI=1S/C11H10N3O/c1-8-12-13-11-7-15-6-9-4-2-3-5-10(9)14(8)11/h2-3,5H,6-7H2,1H3. The lowest BCUT2D eigenvalue weighted by Crippen LogP contribution is -2.02. The third-order valence-corrected chi connectivity index (χ3v) is 2.53. The van der Waals surface area contributed by atoms with Gasteiger partial charge >= 0.3 is 0 Å². The first-order valence-corrected chi connectivity index (χ1v) is 4.85. The number of nitrogens with zero attached hydrogens (tertiary/aromatic N) is 3. The highest BCUT2D eigenvalue weighted by Crippen LogP contribution is 2.22. The fraction of sp³-hybridized carbons (Fsp3) is 0.273. The molecule has 4 nitrogen and oxygen atoms in total.